The van der Waals surface area contributed by atoms with Crippen LogP contribution >= 0.6 is 24.0 Å². The molecule has 1 fully saturated rings. The van der Waals surface area contributed by atoms with Gasteiger partial charge in [-0.15, -0.1) is 0 Å². The van der Waals surface area contributed by atoms with Crippen LogP contribution in [0.1, 0.15) is 18.4 Å². The molecule has 25 heavy (non-hydrogen) atoms. The number of thioether (sulfide) groups is 1. The molecule has 0 bridgehead atoms. The van der Waals surface area contributed by atoms with Gasteiger partial charge < -0.3 is 5.11 Å². The van der Waals surface area contributed by atoms with Crippen LogP contribution in [0.15, 0.2) is 41.3 Å². The minimum Gasteiger partial charge on any atom is -0.481 e. The Morgan fingerprint density at radius 2 is 2.12 bits per heavy atom. The third-order valence-corrected chi connectivity index (χ3v) is 4.70. The van der Waals surface area contributed by atoms with Gasteiger partial charge in [-0.25, -0.2) is 0 Å². The first-order valence-corrected chi connectivity index (χ1v) is 8.50. The van der Waals surface area contributed by atoms with Gasteiger partial charge in [0.1, 0.15) is 4.32 Å². The molecule has 130 valence electrons. The molecule has 0 saturated carbocycles. The first kappa shape index (κ1) is 18.8. The van der Waals surface area contributed by atoms with Crippen LogP contribution in [0.4, 0.5) is 5.69 Å². The highest BCUT2D eigenvalue weighted by atomic mass is 32.2. The number of carboxylic acid groups (broad SMARTS) is 1. The van der Waals surface area contributed by atoms with Crippen LogP contribution in [0.25, 0.3) is 6.08 Å². The summed E-state index contributed by atoms with van der Waals surface area (Å²) in [5.74, 6) is -1.21. The number of carbonyl (C=O) groups is 2. The first-order chi connectivity index (χ1) is 11.9. The minimum absolute atomic E-state index is 0.0200. The van der Waals surface area contributed by atoms with E-state index in [0.29, 0.717) is 21.2 Å². The number of aliphatic carboxylic acids is 1. The SMILES string of the molecule is O=C(O)CCCN1C(=O)/C(=C/C=C/c2ccccc2[N+](=O)[O-])SC1=S. The van der Waals surface area contributed by atoms with Gasteiger partial charge in [0.2, 0.25) is 0 Å². The molecule has 9 heteroatoms. The van der Waals surface area contributed by atoms with Gasteiger partial charge in [-0.3, -0.25) is 24.6 Å². The van der Waals surface area contributed by atoms with Crippen LogP contribution < -0.4 is 0 Å². The highest BCUT2D eigenvalue weighted by molar-refractivity contribution is 8.26. The molecule has 1 aliphatic rings. The Morgan fingerprint density at radius 3 is 2.80 bits per heavy atom. The van der Waals surface area contributed by atoms with Gasteiger partial charge in [0.05, 0.1) is 15.4 Å². The predicted octanol–water partition coefficient (Wildman–Crippen LogP) is 3.22. The van der Waals surface area contributed by atoms with Crippen LogP contribution in [-0.2, 0) is 9.59 Å². The largest absolute Gasteiger partial charge is 0.481 e. The number of allylic oxidation sites excluding steroid dienone is 2. The van der Waals surface area contributed by atoms with E-state index in [2.05, 4.69) is 0 Å². The number of carboxylic acids is 1. The molecular formula is C16H14N2O5S2. The maximum Gasteiger partial charge on any atom is 0.303 e. The van der Waals surface area contributed by atoms with Crippen LogP contribution in [0.2, 0.25) is 0 Å². The molecule has 0 radical (unpaired) electrons. The molecule has 1 aromatic carbocycles. The summed E-state index contributed by atoms with van der Waals surface area (Å²) in [6.45, 7) is 0.252. The number of amides is 1. The summed E-state index contributed by atoms with van der Waals surface area (Å²) in [7, 11) is 0. The molecule has 0 spiro atoms. The number of hydrogen-bond acceptors (Lipinski definition) is 6. The second-order valence-corrected chi connectivity index (χ2v) is 6.70. The van der Waals surface area contributed by atoms with Crippen LogP contribution in [-0.4, -0.2) is 37.7 Å². The molecule has 2 rings (SSSR count). The third kappa shape index (κ3) is 4.97. The molecule has 1 aliphatic heterocycles. The van der Waals surface area contributed by atoms with E-state index in [1.54, 1.807) is 36.4 Å². The van der Waals surface area contributed by atoms with Crippen molar-refractivity contribution in [2.24, 2.45) is 0 Å². The summed E-state index contributed by atoms with van der Waals surface area (Å²) in [5.41, 5.74) is 0.411. The predicted molar refractivity (Wildman–Crippen MR) is 99.0 cm³/mol. The summed E-state index contributed by atoms with van der Waals surface area (Å²) in [5, 5.41) is 19.6. The average molecular weight is 378 g/mol. The Labute approximate surface area is 153 Å². The van der Waals surface area contributed by atoms with Gasteiger partial charge in [-0.2, -0.15) is 0 Å². The Balaban J connectivity index is 2.07. The lowest BCUT2D eigenvalue weighted by molar-refractivity contribution is -0.385. The molecule has 1 N–H and O–H groups in total. The fourth-order valence-electron chi connectivity index (χ4n) is 2.13. The van der Waals surface area contributed by atoms with Crippen molar-refractivity contribution in [3.63, 3.8) is 0 Å². The zero-order valence-electron chi connectivity index (χ0n) is 13.0. The lowest BCUT2D eigenvalue weighted by Crippen LogP contribution is -2.29. The Kier molecular flexibility index (Phi) is 6.43. The molecule has 0 aromatic heterocycles. The zero-order chi connectivity index (χ0) is 18.4. The highest BCUT2D eigenvalue weighted by Crippen LogP contribution is 2.31. The molecule has 1 aromatic rings. The van der Waals surface area contributed by atoms with Gasteiger partial charge in [0.15, 0.2) is 0 Å². The maximum atomic E-state index is 12.3. The summed E-state index contributed by atoms with van der Waals surface area (Å²) in [6, 6.07) is 6.29. The fraction of sp³-hybridized carbons (Fsp3) is 0.188. The second-order valence-electron chi connectivity index (χ2n) is 5.03. The number of benzene rings is 1. The smallest absolute Gasteiger partial charge is 0.303 e. The van der Waals surface area contributed by atoms with Gasteiger partial charge in [0.25, 0.3) is 11.6 Å². The number of rotatable bonds is 7. The van der Waals surface area contributed by atoms with Crippen molar-refractivity contribution < 1.29 is 19.6 Å². The number of hydrogen-bond donors (Lipinski definition) is 1. The lowest BCUT2D eigenvalue weighted by Gasteiger charge is -2.12. The average Bonchev–Trinajstić information content (AvgIpc) is 2.82. The molecule has 0 aliphatic carbocycles. The quantitative estimate of drug-likeness (QED) is 0.336. The Morgan fingerprint density at radius 1 is 1.40 bits per heavy atom. The van der Waals surface area contributed by atoms with Gasteiger partial charge >= 0.3 is 5.97 Å². The summed E-state index contributed by atoms with van der Waals surface area (Å²) in [4.78, 5) is 35.1. The number of nitro benzene ring substituents is 1. The van der Waals surface area contributed by atoms with E-state index in [-0.39, 0.29) is 24.6 Å². The molecule has 1 heterocycles. The molecule has 7 nitrogen and oxygen atoms in total. The molecule has 1 amide bonds. The van der Waals surface area contributed by atoms with E-state index < -0.39 is 10.9 Å². The van der Waals surface area contributed by atoms with E-state index in [4.69, 9.17) is 17.3 Å². The molecule has 0 atom stereocenters. The number of thiocarbonyl (C=S) groups is 1. The first-order valence-electron chi connectivity index (χ1n) is 7.27. The Hall–Kier alpha value is -2.52. The van der Waals surface area contributed by atoms with Crippen molar-refractivity contribution in [2.45, 2.75) is 12.8 Å². The van der Waals surface area contributed by atoms with E-state index in [9.17, 15) is 19.7 Å². The Bertz CT molecular complexity index is 788. The third-order valence-electron chi connectivity index (χ3n) is 3.30. The zero-order valence-corrected chi connectivity index (χ0v) is 14.6. The van der Waals surface area contributed by atoms with Crippen molar-refractivity contribution in [3.05, 3.63) is 57.0 Å². The summed E-state index contributed by atoms with van der Waals surface area (Å²) in [6.07, 6.45) is 4.95. The monoisotopic (exact) mass is 378 g/mol. The van der Waals surface area contributed by atoms with Crippen LogP contribution in [0.3, 0.4) is 0 Å². The van der Waals surface area contributed by atoms with E-state index in [1.165, 1.54) is 11.0 Å². The number of nitrogens with zero attached hydrogens (tertiary/aromatic N) is 2. The van der Waals surface area contributed by atoms with Crippen molar-refractivity contribution in [3.8, 4) is 0 Å². The van der Waals surface area contributed by atoms with Gasteiger partial charge in [0, 0.05) is 19.0 Å². The molecule has 1 saturated heterocycles. The topological polar surface area (TPSA) is 101 Å². The van der Waals surface area contributed by atoms with E-state index >= 15 is 0 Å². The van der Waals surface area contributed by atoms with Crippen LogP contribution in [0, 0.1) is 10.1 Å². The lowest BCUT2D eigenvalue weighted by atomic mass is 10.1. The van der Waals surface area contributed by atoms with E-state index in [1.807, 2.05) is 0 Å². The standard InChI is InChI=1S/C16H14N2O5S2/c19-14(20)9-4-10-17-15(21)13(25-16(17)24)8-3-6-11-5-1-2-7-12(11)18(22)23/h1-3,5-8H,4,9-10H2,(H,19,20)/b6-3+,13-8-. The summed E-state index contributed by atoms with van der Waals surface area (Å²) >= 11 is 6.26. The van der Waals surface area contributed by atoms with Crippen LogP contribution in [0.5, 0.6) is 0 Å². The highest BCUT2D eigenvalue weighted by Gasteiger charge is 2.31. The maximum absolute atomic E-state index is 12.3. The van der Waals surface area contributed by atoms with Crippen molar-refractivity contribution >= 4 is 51.9 Å². The molecular weight excluding hydrogens is 364 g/mol. The van der Waals surface area contributed by atoms with Crippen molar-refractivity contribution in [2.75, 3.05) is 6.54 Å². The number of para-hydroxylation sites is 1. The van der Waals surface area contributed by atoms with Gasteiger partial charge in [-0.1, -0.05) is 42.2 Å². The number of carbonyl (C=O) groups excluding carboxylic acids is 1. The minimum atomic E-state index is -0.923. The normalized spacial score (nSPS) is 16.2. The van der Waals surface area contributed by atoms with E-state index in [0.717, 1.165) is 11.8 Å². The fourth-order valence-corrected chi connectivity index (χ4v) is 3.39. The van der Waals surface area contributed by atoms with Gasteiger partial charge in [-0.05, 0) is 24.6 Å². The van der Waals surface area contributed by atoms with Crippen molar-refractivity contribution in [1.82, 2.24) is 4.90 Å². The summed E-state index contributed by atoms with van der Waals surface area (Å²) < 4.78 is 0.376. The number of nitro groups is 1. The van der Waals surface area contributed by atoms with Crippen molar-refractivity contribution in [1.29, 1.82) is 0 Å². The molecule has 0 unspecified atom stereocenters. The second kappa shape index (κ2) is 8.54.